The maximum Gasteiger partial charge on any atom is 0.0766 e. The third-order valence-electron chi connectivity index (χ3n) is 3.83. The first-order valence-corrected chi connectivity index (χ1v) is 8.22. The van der Waals surface area contributed by atoms with Crippen LogP contribution >= 0.6 is 15.9 Å². The van der Waals surface area contributed by atoms with Gasteiger partial charge in [-0.15, -0.1) is 0 Å². The Morgan fingerprint density at radius 3 is 2.76 bits per heavy atom. The number of rotatable bonds is 7. The van der Waals surface area contributed by atoms with Crippen LogP contribution in [0.25, 0.3) is 0 Å². The van der Waals surface area contributed by atoms with Crippen LogP contribution in [0.4, 0.5) is 0 Å². The minimum absolute atomic E-state index is 0.420. The van der Waals surface area contributed by atoms with E-state index in [1.54, 1.807) is 0 Å². The van der Waals surface area contributed by atoms with Crippen molar-refractivity contribution < 1.29 is 0 Å². The van der Waals surface area contributed by atoms with Gasteiger partial charge in [-0.2, -0.15) is 5.10 Å². The van der Waals surface area contributed by atoms with Gasteiger partial charge >= 0.3 is 0 Å². The molecule has 2 heterocycles. The van der Waals surface area contributed by atoms with Crippen molar-refractivity contribution in [3.05, 3.63) is 46.0 Å². The normalized spacial score (nSPS) is 12.6. The summed E-state index contributed by atoms with van der Waals surface area (Å²) in [5.41, 5.74) is 3.54. The Morgan fingerprint density at radius 2 is 2.19 bits per heavy atom. The van der Waals surface area contributed by atoms with E-state index in [1.165, 1.54) is 5.69 Å². The third kappa shape index (κ3) is 4.14. The maximum absolute atomic E-state index is 4.56. The van der Waals surface area contributed by atoms with Crippen LogP contribution in [0.15, 0.2) is 28.9 Å². The molecule has 0 aliphatic rings. The minimum atomic E-state index is 0.420. The molecule has 2 aromatic heterocycles. The number of halogens is 1. The fourth-order valence-electron chi connectivity index (χ4n) is 2.49. The van der Waals surface area contributed by atoms with Gasteiger partial charge in [0.15, 0.2) is 0 Å². The van der Waals surface area contributed by atoms with Gasteiger partial charge in [0.1, 0.15) is 0 Å². The summed E-state index contributed by atoms with van der Waals surface area (Å²) in [5, 5.41) is 7.98. The Bertz CT molecular complexity index is 565. The molecular weight excluding hydrogens is 328 g/mol. The summed E-state index contributed by atoms with van der Waals surface area (Å²) < 4.78 is 3.15. The molecule has 0 aliphatic carbocycles. The molecule has 0 aromatic carbocycles. The highest BCUT2D eigenvalue weighted by Gasteiger charge is 2.16. The van der Waals surface area contributed by atoms with E-state index in [0.717, 1.165) is 41.5 Å². The highest BCUT2D eigenvalue weighted by Crippen LogP contribution is 2.23. The molecule has 0 amide bonds. The number of aromatic nitrogens is 3. The second-order valence-electron chi connectivity index (χ2n) is 5.23. The van der Waals surface area contributed by atoms with Crippen molar-refractivity contribution in [2.24, 2.45) is 7.05 Å². The number of likely N-dealkylation sites (N-methyl/N-ethyl adjacent to an activating group) is 1. The van der Waals surface area contributed by atoms with Crippen LogP contribution < -0.4 is 5.32 Å². The second kappa shape index (κ2) is 7.71. The molecule has 114 valence electrons. The van der Waals surface area contributed by atoms with Crippen LogP contribution in [0.5, 0.6) is 0 Å². The van der Waals surface area contributed by atoms with Gasteiger partial charge in [-0.3, -0.25) is 9.67 Å². The van der Waals surface area contributed by atoms with Crippen LogP contribution in [-0.4, -0.2) is 27.9 Å². The van der Waals surface area contributed by atoms with Gasteiger partial charge in [0, 0.05) is 31.4 Å². The first-order chi connectivity index (χ1) is 10.2. The maximum atomic E-state index is 4.56. The molecule has 0 radical (unpaired) electrons. The zero-order valence-corrected chi connectivity index (χ0v) is 14.5. The van der Waals surface area contributed by atoms with Crippen molar-refractivity contribution in [1.82, 2.24) is 20.1 Å². The SMILES string of the molecule is CCc1nn(C)c(CC(CCc2ccccn2)NC)c1Br. The summed E-state index contributed by atoms with van der Waals surface area (Å²) in [6.45, 7) is 2.13. The van der Waals surface area contributed by atoms with Crippen LogP contribution in [0.1, 0.15) is 30.4 Å². The van der Waals surface area contributed by atoms with Crippen molar-refractivity contribution in [2.45, 2.75) is 38.6 Å². The molecule has 1 N–H and O–H groups in total. The molecule has 2 rings (SSSR count). The number of aryl methyl sites for hydroxylation is 3. The zero-order chi connectivity index (χ0) is 15.2. The quantitative estimate of drug-likeness (QED) is 0.834. The summed E-state index contributed by atoms with van der Waals surface area (Å²) in [4.78, 5) is 4.39. The van der Waals surface area contributed by atoms with E-state index in [9.17, 15) is 0 Å². The van der Waals surface area contributed by atoms with Gasteiger partial charge in [-0.25, -0.2) is 0 Å². The lowest BCUT2D eigenvalue weighted by molar-refractivity contribution is 0.500. The lowest BCUT2D eigenvalue weighted by Crippen LogP contribution is -2.29. The molecule has 21 heavy (non-hydrogen) atoms. The second-order valence-corrected chi connectivity index (χ2v) is 6.03. The van der Waals surface area contributed by atoms with Gasteiger partial charge in [-0.1, -0.05) is 13.0 Å². The molecule has 5 heteroatoms. The Hall–Kier alpha value is -1.20. The molecule has 0 saturated heterocycles. The molecule has 0 aliphatic heterocycles. The number of nitrogens with one attached hydrogen (secondary N) is 1. The summed E-state index contributed by atoms with van der Waals surface area (Å²) >= 11 is 3.69. The number of pyridine rings is 1. The van der Waals surface area contributed by atoms with Gasteiger partial charge in [0.2, 0.25) is 0 Å². The minimum Gasteiger partial charge on any atom is -0.317 e. The molecule has 0 bridgehead atoms. The van der Waals surface area contributed by atoms with Gasteiger partial charge in [-0.05, 0) is 54.4 Å². The van der Waals surface area contributed by atoms with E-state index in [1.807, 2.05) is 37.1 Å². The predicted molar refractivity (Wildman–Crippen MR) is 89.4 cm³/mol. The van der Waals surface area contributed by atoms with E-state index in [-0.39, 0.29) is 0 Å². The summed E-state index contributed by atoms with van der Waals surface area (Å²) in [5.74, 6) is 0. The van der Waals surface area contributed by atoms with E-state index in [2.05, 4.69) is 44.3 Å². The van der Waals surface area contributed by atoms with Crippen molar-refractivity contribution in [2.75, 3.05) is 7.05 Å². The number of nitrogens with zero attached hydrogens (tertiary/aromatic N) is 3. The van der Waals surface area contributed by atoms with Crippen molar-refractivity contribution in [1.29, 1.82) is 0 Å². The van der Waals surface area contributed by atoms with Crippen molar-refractivity contribution in [3.8, 4) is 0 Å². The molecule has 4 nitrogen and oxygen atoms in total. The Labute approximate surface area is 135 Å². The fraction of sp³-hybridized carbons (Fsp3) is 0.500. The molecule has 1 unspecified atom stereocenters. The van der Waals surface area contributed by atoms with Gasteiger partial charge in [0.05, 0.1) is 15.9 Å². The summed E-state index contributed by atoms with van der Waals surface area (Å²) in [7, 11) is 4.04. The molecule has 2 aromatic rings. The monoisotopic (exact) mass is 350 g/mol. The fourth-order valence-corrected chi connectivity index (χ4v) is 3.27. The highest BCUT2D eigenvalue weighted by molar-refractivity contribution is 9.10. The Balaban J connectivity index is 2.01. The van der Waals surface area contributed by atoms with Gasteiger partial charge in [0.25, 0.3) is 0 Å². The number of hydrogen-bond acceptors (Lipinski definition) is 3. The lowest BCUT2D eigenvalue weighted by atomic mass is 10.0. The average Bonchev–Trinajstić information content (AvgIpc) is 2.79. The van der Waals surface area contributed by atoms with E-state index < -0.39 is 0 Å². The lowest BCUT2D eigenvalue weighted by Gasteiger charge is -2.16. The number of hydrogen-bond donors (Lipinski definition) is 1. The Morgan fingerprint density at radius 1 is 1.38 bits per heavy atom. The van der Waals surface area contributed by atoms with Gasteiger partial charge < -0.3 is 5.32 Å². The topological polar surface area (TPSA) is 42.7 Å². The largest absolute Gasteiger partial charge is 0.317 e. The molecule has 0 spiro atoms. The van der Waals surface area contributed by atoms with E-state index in [4.69, 9.17) is 0 Å². The standard InChI is InChI=1S/C16H23BrN4/c1-4-14-16(17)15(21(3)20-14)11-13(18-2)9-8-12-7-5-6-10-19-12/h5-7,10,13,18H,4,8-9,11H2,1-3H3. The van der Waals surface area contributed by atoms with Crippen LogP contribution in [-0.2, 0) is 26.3 Å². The van der Waals surface area contributed by atoms with Crippen LogP contribution in [0.3, 0.4) is 0 Å². The first kappa shape index (κ1) is 16.2. The van der Waals surface area contributed by atoms with Crippen LogP contribution in [0, 0.1) is 0 Å². The highest BCUT2D eigenvalue weighted by atomic mass is 79.9. The molecule has 0 saturated carbocycles. The van der Waals surface area contributed by atoms with Crippen molar-refractivity contribution in [3.63, 3.8) is 0 Å². The third-order valence-corrected chi connectivity index (χ3v) is 4.74. The Kier molecular flexibility index (Phi) is 5.94. The van der Waals surface area contributed by atoms with E-state index >= 15 is 0 Å². The van der Waals surface area contributed by atoms with Crippen molar-refractivity contribution >= 4 is 15.9 Å². The molecular formula is C16H23BrN4. The molecule has 0 fully saturated rings. The smallest absolute Gasteiger partial charge is 0.0766 e. The van der Waals surface area contributed by atoms with E-state index in [0.29, 0.717) is 6.04 Å². The molecule has 1 atom stereocenters. The van der Waals surface area contributed by atoms with Crippen LogP contribution in [0.2, 0.25) is 0 Å². The predicted octanol–water partition coefficient (Wildman–Crippen LogP) is 2.90. The first-order valence-electron chi connectivity index (χ1n) is 7.43. The zero-order valence-electron chi connectivity index (χ0n) is 12.9. The summed E-state index contributed by atoms with van der Waals surface area (Å²) in [6, 6.07) is 6.51. The summed E-state index contributed by atoms with van der Waals surface area (Å²) in [6.07, 6.45) is 5.82. The average molecular weight is 351 g/mol.